The van der Waals surface area contributed by atoms with Crippen molar-refractivity contribution in [3.8, 4) is 11.5 Å². The first-order chi connectivity index (χ1) is 16.6. The number of benzene rings is 2. The van der Waals surface area contributed by atoms with Crippen molar-refractivity contribution >= 4 is 34.4 Å². The van der Waals surface area contributed by atoms with Gasteiger partial charge in [-0.1, -0.05) is 24.3 Å². The number of carbonyl (C=O) groups is 2. The van der Waals surface area contributed by atoms with Crippen LogP contribution in [-0.2, 0) is 11.2 Å². The van der Waals surface area contributed by atoms with Crippen LogP contribution in [0.2, 0.25) is 0 Å². The summed E-state index contributed by atoms with van der Waals surface area (Å²) in [5.41, 5.74) is 5.65. The molecule has 0 spiro atoms. The quantitative estimate of drug-likeness (QED) is 0.589. The molecule has 3 aliphatic rings. The Kier molecular flexibility index (Phi) is 4.98. The molecule has 2 amide bonds. The molecule has 1 fully saturated rings. The Morgan fingerprint density at radius 3 is 2.53 bits per heavy atom. The number of fused-ring (bicyclic) bond motifs is 3. The lowest BCUT2D eigenvalue weighted by molar-refractivity contribution is -0.130. The van der Waals surface area contributed by atoms with E-state index in [4.69, 9.17) is 14.5 Å². The van der Waals surface area contributed by atoms with E-state index in [2.05, 4.69) is 6.08 Å². The van der Waals surface area contributed by atoms with Gasteiger partial charge in [0.05, 0.1) is 16.8 Å². The van der Waals surface area contributed by atoms with Crippen LogP contribution < -0.4 is 9.47 Å². The van der Waals surface area contributed by atoms with Crippen LogP contribution in [0.3, 0.4) is 0 Å². The zero-order valence-electron chi connectivity index (χ0n) is 19.0. The van der Waals surface area contributed by atoms with Gasteiger partial charge in [0.1, 0.15) is 0 Å². The van der Waals surface area contributed by atoms with E-state index in [0.29, 0.717) is 26.2 Å². The van der Waals surface area contributed by atoms with Gasteiger partial charge in [0.2, 0.25) is 12.7 Å². The van der Waals surface area contributed by atoms with Crippen molar-refractivity contribution in [3.63, 3.8) is 0 Å². The SMILES string of the molecule is CC(=O)N1CCN(C(=O)c2c3c(nc4ccccc24)/C(=C/c2ccc4c(c2)OCO4)CC3)CC1. The van der Waals surface area contributed by atoms with Crippen LogP contribution in [0.1, 0.15) is 40.5 Å². The van der Waals surface area contributed by atoms with Crippen LogP contribution in [0.4, 0.5) is 0 Å². The summed E-state index contributed by atoms with van der Waals surface area (Å²) in [6.45, 7) is 4.06. The normalized spacial score (nSPS) is 18.0. The van der Waals surface area contributed by atoms with E-state index in [0.717, 1.165) is 63.2 Å². The van der Waals surface area contributed by atoms with E-state index >= 15 is 0 Å². The molecule has 0 N–H and O–H groups in total. The Bertz CT molecular complexity index is 1360. The highest BCUT2D eigenvalue weighted by Crippen LogP contribution is 2.39. The number of pyridine rings is 1. The summed E-state index contributed by atoms with van der Waals surface area (Å²) >= 11 is 0. The molecule has 0 radical (unpaired) electrons. The van der Waals surface area contributed by atoms with Gasteiger partial charge in [0, 0.05) is 38.5 Å². The van der Waals surface area contributed by atoms with Crippen molar-refractivity contribution < 1.29 is 19.1 Å². The average Bonchev–Trinajstić information content (AvgIpc) is 3.49. The van der Waals surface area contributed by atoms with E-state index in [1.54, 1.807) is 11.8 Å². The van der Waals surface area contributed by atoms with Gasteiger partial charge in [-0.2, -0.15) is 0 Å². The molecule has 1 saturated heterocycles. The molecule has 7 nitrogen and oxygen atoms in total. The van der Waals surface area contributed by atoms with Crippen molar-refractivity contribution in [1.29, 1.82) is 0 Å². The third kappa shape index (κ3) is 3.48. The Morgan fingerprint density at radius 1 is 0.941 bits per heavy atom. The first kappa shape index (κ1) is 20.7. The largest absolute Gasteiger partial charge is 0.454 e. The Labute approximate surface area is 197 Å². The summed E-state index contributed by atoms with van der Waals surface area (Å²) in [5.74, 6) is 1.60. The molecule has 3 aromatic rings. The fourth-order valence-electron chi connectivity index (χ4n) is 5.11. The van der Waals surface area contributed by atoms with E-state index in [9.17, 15) is 9.59 Å². The zero-order chi connectivity index (χ0) is 23.2. The lowest BCUT2D eigenvalue weighted by Crippen LogP contribution is -2.50. The minimum atomic E-state index is 0.0300. The molecule has 1 aromatic heterocycles. The number of aromatic nitrogens is 1. The molecular weight excluding hydrogens is 430 g/mol. The van der Waals surface area contributed by atoms with Gasteiger partial charge in [0.15, 0.2) is 11.5 Å². The number of rotatable bonds is 2. The van der Waals surface area contributed by atoms with Gasteiger partial charge >= 0.3 is 0 Å². The average molecular weight is 456 g/mol. The van der Waals surface area contributed by atoms with E-state index in [1.807, 2.05) is 47.4 Å². The number of carbonyl (C=O) groups excluding carboxylic acids is 2. The van der Waals surface area contributed by atoms with E-state index in [1.165, 1.54) is 0 Å². The van der Waals surface area contributed by atoms with Crippen molar-refractivity contribution in [3.05, 3.63) is 64.8 Å². The standard InChI is InChI=1S/C27H25N3O4/c1-17(31)29-10-12-30(13-11-29)27(32)25-20-4-2-3-5-22(20)28-26-19(7-8-21(25)26)14-18-6-9-23-24(15-18)34-16-33-23/h2-6,9,14-15H,7-8,10-13,16H2,1H3/b19-14+. The molecule has 34 heavy (non-hydrogen) atoms. The van der Waals surface area contributed by atoms with Gasteiger partial charge in [-0.15, -0.1) is 0 Å². The second-order valence-corrected chi connectivity index (χ2v) is 8.91. The van der Waals surface area contributed by atoms with Gasteiger partial charge in [-0.25, -0.2) is 4.98 Å². The number of hydrogen-bond donors (Lipinski definition) is 0. The summed E-state index contributed by atoms with van der Waals surface area (Å²) in [5, 5.41) is 0.893. The predicted molar refractivity (Wildman–Crippen MR) is 129 cm³/mol. The minimum Gasteiger partial charge on any atom is -0.454 e. The molecule has 3 heterocycles. The molecule has 0 saturated carbocycles. The Balaban J connectivity index is 1.40. The first-order valence-corrected chi connectivity index (χ1v) is 11.7. The zero-order valence-corrected chi connectivity index (χ0v) is 19.0. The molecule has 0 atom stereocenters. The minimum absolute atomic E-state index is 0.0300. The van der Waals surface area contributed by atoms with Gasteiger partial charge in [0.25, 0.3) is 5.91 Å². The molecular formula is C27H25N3O4. The number of para-hydroxylation sites is 1. The van der Waals surface area contributed by atoms with Crippen molar-refractivity contribution in [2.75, 3.05) is 33.0 Å². The predicted octanol–water partition coefficient (Wildman–Crippen LogP) is 3.75. The second-order valence-electron chi connectivity index (χ2n) is 8.91. The monoisotopic (exact) mass is 455 g/mol. The molecule has 2 aromatic carbocycles. The second kappa shape index (κ2) is 8.17. The highest BCUT2D eigenvalue weighted by atomic mass is 16.7. The lowest BCUT2D eigenvalue weighted by atomic mass is 9.99. The van der Waals surface area contributed by atoms with Crippen LogP contribution in [0, 0.1) is 0 Å². The number of hydrogen-bond acceptors (Lipinski definition) is 5. The smallest absolute Gasteiger partial charge is 0.255 e. The molecule has 0 unspecified atom stereocenters. The molecule has 6 rings (SSSR count). The molecule has 2 aliphatic heterocycles. The summed E-state index contributed by atoms with van der Waals surface area (Å²) in [4.78, 5) is 34.2. The molecule has 7 heteroatoms. The van der Waals surface area contributed by atoms with Gasteiger partial charge < -0.3 is 19.3 Å². The Hall–Kier alpha value is -3.87. The summed E-state index contributed by atoms with van der Waals surface area (Å²) in [6.07, 6.45) is 3.74. The Morgan fingerprint density at radius 2 is 1.71 bits per heavy atom. The van der Waals surface area contributed by atoms with Gasteiger partial charge in [-0.3, -0.25) is 9.59 Å². The van der Waals surface area contributed by atoms with E-state index in [-0.39, 0.29) is 18.6 Å². The van der Waals surface area contributed by atoms with Crippen LogP contribution in [-0.4, -0.2) is 59.6 Å². The lowest BCUT2D eigenvalue weighted by Gasteiger charge is -2.34. The van der Waals surface area contributed by atoms with Crippen molar-refractivity contribution in [2.24, 2.45) is 0 Å². The maximum Gasteiger partial charge on any atom is 0.255 e. The maximum atomic E-state index is 13.8. The highest BCUT2D eigenvalue weighted by Gasteiger charge is 2.31. The number of nitrogens with zero attached hydrogens (tertiary/aromatic N) is 3. The fourth-order valence-corrected chi connectivity index (χ4v) is 5.11. The number of ether oxygens (including phenoxy) is 2. The topological polar surface area (TPSA) is 72.0 Å². The maximum absolute atomic E-state index is 13.8. The van der Waals surface area contributed by atoms with Crippen LogP contribution in [0.5, 0.6) is 11.5 Å². The molecule has 172 valence electrons. The summed E-state index contributed by atoms with van der Waals surface area (Å²) in [7, 11) is 0. The third-order valence-electron chi connectivity index (χ3n) is 6.91. The number of piperazine rings is 1. The van der Waals surface area contributed by atoms with Crippen LogP contribution >= 0.6 is 0 Å². The van der Waals surface area contributed by atoms with Crippen molar-refractivity contribution in [1.82, 2.24) is 14.8 Å². The summed E-state index contributed by atoms with van der Waals surface area (Å²) < 4.78 is 11.0. The molecule has 0 bridgehead atoms. The summed E-state index contributed by atoms with van der Waals surface area (Å²) in [6, 6.07) is 13.8. The number of allylic oxidation sites excluding steroid dienone is 1. The van der Waals surface area contributed by atoms with Crippen LogP contribution in [0.25, 0.3) is 22.6 Å². The third-order valence-corrected chi connectivity index (χ3v) is 6.91. The highest BCUT2D eigenvalue weighted by molar-refractivity contribution is 6.09. The first-order valence-electron chi connectivity index (χ1n) is 11.7. The van der Waals surface area contributed by atoms with E-state index < -0.39 is 0 Å². The van der Waals surface area contributed by atoms with Gasteiger partial charge in [-0.05, 0) is 53.8 Å². The molecule has 1 aliphatic carbocycles. The number of amides is 2. The fraction of sp³-hybridized carbons (Fsp3) is 0.296. The van der Waals surface area contributed by atoms with Crippen LogP contribution in [0.15, 0.2) is 42.5 Å². The van der Waals surface area contributed by atoms with Crippen molar-refractivity contribution in [2.45, 2.75) is 19.8 Å².